The summed E-state index contributed by atoms with van der Waals surface area (Å²) in [4.78, 5) is 12.0. The van der Waals surface area contributed by atoms with E-state index in [1.54, 1.807) is 0 Å². The molecule has 1 amide bonds. The number of anilines is 1. The number of rotatable bonds is 1. The third-order valence-corrected chi connectivity index (χ3v) is 4.27. The minimum Gasteiger partial charge on any atom is -0.326 e. The Balaban J connectivity index is 2.17. The van der Waals surface area contributed by atoms with Gasteiger partial charge in [0.2, 0.25) is 5.91 Å². The van der Waals surface area contributed by atoms with Crippen molar-refractivity contribution in [2.24, 2.45) is 0 Å². The Hall–Kier alpha value is -2.09. The van der Waals surface area contributed by atoms with Crippen LogP contribution in [0.25, 0.3) is 0 Å². The number of carbonyl (C=O) groups excluding carboxylic acids is 1. The second-order valence-corrected chi connectivity index (χ2v) is 5.69. The van der Waals surface area contributed by atoms with Crippen molar-refractivity contribution in [1.29, 1.82) is 0 Å². The van der Waals surface area contributed by atoms with E-state index in [0.717, 1.165) is 5.69 Å². The molecule has 0 bridgehead atoms. The first-order valence-corrected chi connectivity index (χ1v) is 7.03. The van der Waals surface area contributed by atoms with Crippen molar-refractivity contribution in [1.82, 2.24) is 0 Å². The standard InChI is InChI=1S/C18H19NO/c1-11-6-4-5-7-14(11)15-10-18(20)19-17-9-13(3)12(2)8-16(15)17/h4-9,15H,10H2,1-3H3,(H,19,20)/t15-/m1/s1. The van der Waals surface area contributed by atoms with Crippen LogP contribution in [-0.4, -0.2) is 5.91 Å². The molecule has 0 saturated carbocycles. The van der Waals surface area contributed by atoms with E-state index < -0.39 is 0 Å². The summed E-state index contributed by atoms with van der Waals surface area (Å²) in [7, 11) is 0. The lowest BCUT2D eigenvalue weighted by atomic mass is 9.81. The number of amides is 1. The lowest BCUT2D eigenvalue weighted by Crippen LogP contribution is -2.24. The van der Waals surface area contributed by atoms with Crippen LogP contribution in [0.1, 0.15) is 40.2 Å². The van der Waals surface area contributed by atoms with Crippen LogP contribution >= 0.6 is 0 Å². The predicted molar refractivity (Wildman–Crippen MR) is 82.2 cm³/mol. The van der Waals surface area contributed by atoms with Crippen molar-refractivity contribution >= 4 is 11.6 Å². The van der Waals surface area contributed by atoms with E-state index in [2.05, 4.69) is 56.4 Å². The second-order valence-electron chi connectivity index (χ2n) is 5.69. The maximum absolute atomic E-state index is 12.0. The summed E-state index contributed by atoms with van der Waals surface area (Å²) in [6.45, 7) is 6.32. The zero-order valence-electron chi connectivity index (χ0n) is 12.2. The molecule has 0 spiro atoms. The van der Waals surface area contributed by atoms with Crippen molar-refractivity contribution < 1.29 is 4.79 Å². The van der Waals surface area contributed by atoms with Crippen LogP contribution < -0.4 is 5.32 Å². The Bertz CT molecular complexity index is 688. The topological polar surface area (TPSA) is 29.1 Å². The molecule has 2 aromatic rings. The average Bonchev–Trinajstić information content (AvgIpc) is 2.41. The van der Waals surface area contributed by atoms with Crippen LogP contribution in [0.15, 0.2) is 36.4 Å². The van der Waals surface area contributed by atoms with Crippen LogP contribution in [0.5, 0.6) is 0 Å². The summed E-state index contributed by atoms with van der Waals surface area (Å²) in [5, 5.41) is 3.01. The van der Waals surface area contributed by atoms with Crippen molar-refractivity contribution in [3.8, 4) is 0 Å². The Morgan fingerprint density at radius 1 is 0.950 bits per heavy atom. The number of benzene rings is 2. The number of hydrogen-bond acceptors (Lipinski definition) is 1. The van der Waals surface area contributed by atoms with Gasteiger partial charge in [-0.05, 0) is 54.7 Å². The van der Waals surface area contributed by atoms with Crippen molar-refractivity contribution in [2.45, 2.75) is 33.1 Å². The van der Waals surface area contributed by atoms with Gasteiger partial charge in [0.05, 0.1) is 0 Å². The largest absolute Gasteiger partial charge is 0.326 e. The fourth-order valence-corrected chi connectivity index (χ4v) is 2.99. The first kappa shape index (κ1) is 12.9. The molecule has 0 radical (unpaired) electrons. The molecular weight excluding hydrogens is 246 g/mol. The molecule has 1 aliphatic rings. The van der Waals surface area contributed by atoms with Crippen molar-refractivity contribution in [2.75, 3.05) is 5.32 Å². The van der Waals surface area contributed by atoms with Gasteiger partial charge < -0.3 is 5.32 Å². The lowest BCUT2D eigenvalue weighted by molar-refractivity contribution is -0.116. The third kappa shape index (κ3) is 2.11. The quantitative estimate of drug-likeness (QED) is 0.826. The zero-order chi connectivity index (χ0) is 14.3. The highest BCUT2D eigenvalue weighted by Crippen LogP contribution is 2.39. The van der Waals surface area contributed by atoms with Crippen LogP contribution in [0.4, 0.5) is 5.69 Å². The van der Waals surface area contributed by atoms with E-state index in [4.69, 9.17) is 0 Å². The van der Waals surface area contributed by atoms with E-state index >= 15 is 0 Å². The smallest absolute Gasteiger partial charge is 0.225 e. The monoisotopic (exact) mass is 265 g/mol. The molecule has 20 heavy (non-hydrogen) atoms. The summed E-state index contributed by atoms with van der Waals surface area (Å²) in [6, 6.07) is 12.7. The zero-order valence-corrected chi connectivity index (χ0v) is 12.2. The van der Waals surface area contributed by atoms with Gasteiger partial charge in [0.1, 0.15) is 0 Å². The Morgan fingerprint density at radius 3 is 2.40 bits per heavy atom. The van der Waals surface area contributed by atoms with Gasteiger partial charge >= 0.3 is 0 Å². The number of aryl methyl sites for hydroxylation is 3. The van der Waals surface area contributed by atoms with E-state index in [1.807, 2.05) is 6.07 Å². The fourth-order valence-electron chi connectivity index (χ4n) is 2.99. The van der Waals surface area contributed by atoms with Crippen LogP contribution in [0, 0.1) is 20.8 Å². The normalized spacial score (nSPS) is 17.6. The van der Waals surface area contributed by atoms with Gasteiger partial charge in [-0.3, -0.25) is 4.79 Å². The SMILES string of the molecule is Cc1cc2c(cc1C)[C@@H](c1ccccc1C)CC(=O)N2. The van der Waals surface area contributed by atoms with E-state index in [1.165, 1.54) is 27.8 Å². The fraction of sp³-hybridized carbons (Fsp3) is 0.278. The first-order chi connectivity index (χ1) is 9.56. The molecule has 2 aromatic carbocycles. The molecule has 2 heteroatoms. The number of carbonyl (C=O) groups is 1. The molecule has 1 aliphatic heterocycles. The molecule has 0 saturated heterocycles. The van der Waals surface area contributed by atoms with Crippen LogP contribution in [0.2, 0.25) is 0 Å². The lowest BCUT2D eigenvalue weighted by Gasteiger charge is -2.28. The maximum atomic E-state index is 12.0. The molecule has 0 fully saturated rings. The highest BCUT2D eigenvalue weighted by atomic mass is 16.1. The number of nitrogens with one attached hydrogen (secondary N) is 1. The van der Waals surface area contributed by atoms with Gasteiger partial charge in [-0.1, -0.05) is 30.3 Å². The maximum Gasteiger partial charge on any atom is 0.225 e. The number of fused-ring (bicyclic) bond motifs is 1. The summed E-state index contributed by atoms with van der Waals surface area (Å²) in [5.41, 5.74) is 7.20. The molecular formula is C18H19NO. The second kappa shape index (κ2) is 4.78. The summed E-state index contributed by atoms with van der Waals surface area (Å²) < 4.78 is 0. The molecule has 0 aliphatic carbocycles. The highest BCUT2D eigenvalue weighted by Gasteiger charge is 2.27. The van der Waals surface area contributed by atoms with E-state index in [9.17, 15) is 4.79 Å². The van der Waals surface area contributed by atoms with Gasteiger partial charge in [0, 0.05) is 18.0 Å². The van der Waals surface area contributed by atoms with Crippen molar-refractivity contribution in [3.05, 3.63) is 64.2 Å². The molecule has 3 rings (SSSR count). The Labute approximate surface area is 119 Å². The Kier molecular flexibility index (Phi) is 3.09. The first-order valence-electron chi connectivity index (χ1n) is 7.03. The van der Waals surface area contributed by atoms with Crippen LogP contribution in [-0.2, 0) is 4.79 Å². The molecule has 1 heterocycles. The highest BCUT2D eigenvalue weighted by molar-refractivity contribution is 5.95. The van der Waals surface area contributed by atoms with Gasteiger partial charge in [-0.15, -0.1) is 0 Å². The van der Waals surface area contributed by atoms with Gasteiger partial charge in [-0.25, -0.2) is 0 Å². The number of hydrogen-bond donors (Lipinski definition) is 1. The summed E-state index contributed by atoms with van der Waals surface area (Å²) >= 11 is 0. The molecule has 0 unspecified atom stereocenters. The van der Waals surface area contributed by atoms with E-state index in [0.29, 0.717) is 6.42 Å². The minimum atomic E-state index is 0.106. The molecule has 102 valence electrons. The van der Waals surface area contributed by atoms with E-state index in [-0.39, 0.29) is 11.8 Å². The van der Waals surface area contributed by atoms with Gasteiger partial charge in [0.25, 0.3) is 0 Å². The summed E-state index contributed by atoms with van der Waals surface area (Å²) in [5.74, 6) is 0.272. The third-order valence-electron chi connectivity index (χ3n) is 4.27. The molecule has 1 atom stereocenters. The predicted octanol–water partition coefficient (Wildman–Crippen LogP) is 4.09. The Morgan fingerprint density at radius 2 is 1.65 bits per heavy atom. The minimum absolute atomic E-state index is 0.106. The van der Waals surface area contributed by atoms with Gasteiger partial charge in [-0.2, -0.15) is 0 Å². The summed E-state index contributed by atoms with van der Waals surface area (Å²) in [6.07, 6.45) is 0.528. The van der Waals surface area contributed by atoms with Gasteiger partial charge in [0.15, 0.2) is 0 Å². The molecule has 0 aromatic heterocycles. The molecule has 1 N–H and O–H groups in total. The van der Waals surface area contributed by atoms with Crippen molar-refractivity contribution in [3.63, 3.8) is 0 Å². The molecule has 2 nitrogen and oxygen atoms in total. The van der Waals surface area contributed by atoms with Crippen LogP contribution in [0.3, 0.4) is 0 Å². The average molecular weight is 265 g/mol.